The van der Waals surface area contributed by atoms with Crippen LogP contribution in [0.2, 0.25) is 0 Å². The zero-order valence-corrected chi connectivity index (χ0v) is 12.8. The zero-order chi connectivity index (χ0) is 13.8. The first-order valence-corrected chi connectivity index (χ1v) is 8.65. The van der Waals surface area contributed by atoms with Gasteiger partial charge in [0.2, 0.25) is 10.0 Å². The van der Waals surface area contributed by atoms with Crippen LogP contribution < -0.4 is 5.73 Å². The lowest BCUT2D eigenvalue weighted by atomic mass is 9.91. The maximum absolute atomic E-state index is 12.5. The van der Waals surface area contributed by atoms with Crippen LogP contribution in [-0.2, 0) is 10.0 Å². The molecule has 0 amide bonds. The van der Waals surface area contributed by atoms with E-state index in [1.54, 1.807) is 4.31 Å². The Morgan fingerprint density at radius 2 is 1.78 bits per heavy atom. The molecule has 0 radical (unpaired) electrons. The van der Waals surface area contributed by atoms with Crippen LogP contribution >= 0.6 is 0 Å². The quantitative estimate of drug-likeness (QED) is 0.806. The summed E-state index contributed by atoms with van der Waals surface area (Å²) >= 11 is 0. The smallest absolute Gasteiger partial charge is 0.214 e. The number of hydrogen-bond acceptors (Lipinski definition) is 3. The maximum Gasteiger partial charge on any atom is 0.214 e. The molecule has 4 nitrogen and oxygen atoms in total. The van der Waals surface area contributed by atoms with Crippen LogP contribution in [0.25, 0.3) is 0 Å². The summed E-state index contributed by atoms with van der Waals surface area (Å²) in [7, 11) is -3.19. The summed E-state index contributed by atoms with van der Waals surface area (Å²) in [6.45, 7) is 6.53. The van der Waals surface area contributed by atoms with Crippen molar-refractivity contribution in [3.63, 3.8) is 0 Å². The first kappa shape index (κ1) is 15.9. The van der Waals surface area contributed by atoms with Crippen molar-refractivity contribution in [2.24, 2.45) is 11.7 Å². The average Bonchev–Trinajstić information content (AvgIpc) is 2.29. The third kappa shape index (κ3) is 3.93. The molecule has 1 fully saturated rings. The van der Waals surface area contributed by atoms with Gasteiger partial charge >= 0.3 is 0 Å². The largest absolute Gasteiger partial charge is 0.329 e. The van der Waals surface area contributed by atoms with Crippen molar-refractivity contribution < 1.29 is 8.42 Å². The van der Waals surface area contributed by atoms with Gasteiger partial charge in [0.05, 0.1) is 5.75 Å². The molecule has 1 rings (SSSR count). The number of sulfonamides is 1. The predicted octanol–water partition coefficient (Wildman–Crippen LogP) is 1.96. The highest BCUT2D eigenvalue weighted by Gasteiger charge is 2.35. The maximum atomic E-state index is 12.5. The molecule has 0 aromatic carbocycles. The minimum absolute atomic E-state index is 0.296. The Labute approximate surface area is 112 Å². The summed E-state index contributed by atoms with van der Waals surface area (Å²) in [5.74, 6) is 0.635. The molecule has 0 aromatic rings. The van der Waals surface area contributed by atoms with Gasteiger partial charge in [-0.05, 0) is 32.6 Å². The van der Waals surface area contributed by atoms with Gasteiger partial charge in [-0.1, -0.05) is 26.2 Å². The minimum Gasteiger partial charge on any atom is -0.329 e. The van der Waals surface area contributed by atoms with Crippen molar-refractivity contribution in [3.8, 4) is 0 Å². The Kier molecular flexibility index (Phi) is 5.62. The van der Waals surface area contributed by atoms with E-state index in [0.717, 1.165) is 12.8 Å². The van der Waals surface area contributed by atoms with Gasteiger partial charge in [0.1, 0.15) is 0 Å². The first-order chi connectivity index (χ1) is 8.33. The van der Waals surface area contributed by atoms with E-state index in [-0.39, 0.29) is 0 Å². The molecule has 108 valence electrons. The fourth-order valence-electron chi connectivity index (χ4n) is 2.84. The molecule has 2 N–H and O–H groups in total. The van der Waals surface area contributed by atoms with Gasteiger partial charge in [0.15, 0.2) is 0 Å². The highest BCUT2D eigenvalue weighted by atomic mass is 32.2. The molecule has 1 saturated carbocycles. The van der Waals surface area contributed by atoms with Crippen LogP contribution in [0.5, 0.6) is 0 Å². The Balaban J connectivity index is 2.76. The molecule has 18 heavy (non-hydrogen) atoms. The van der Waals surface area contributed by atoms with Gasteiger partial charge in [-0.3, -0.25) is 0 Å². The molecular formula is C13H28N2O2S. The van der Waals surface area contributed by atoms with Crippen LogP contribution in [0, 0.1) is 5.92 Å². The molecule has 0 unspecified atom stereocenters. The van der Waals surface area contributed by atoms with Crippen molar-refractivity contribution in [3.05, 3.63) is 0 Å². The first-order valence-electron chi connectivity index (χ1n) is 7.04. The van der Waals surface area contributed by atoms with Gasteiger partial charge < -0.3 is 5.73 Å². The van der Waals surface area contributed by atoms with E-state index in [1.807, 2.05) is 20.8 Å². The second kappa shape index (κ2) is 6.35. The van der Waals surface area contributed by atoms with Crippen LogP contribution in [0.4, 0.5) is 0 Å². The minimum atomic E-state index is -3.19. The lowest BCUT2D eigenvalue weighted by molar-refractivity contribution is 0.241. The average molecular weight is 276 g/mol. The van der Waals surface area contributed by atoms with Gasteiger partial charge in [0, 0.05) is 18.6 Å². The van der Waals surface area contributed by atoms with E-state index in [2.05, 4.69) is 0 Å². The summed E-state index contributed by atoms with van der Waals surface area (Å²) in [5, 5.41) is 0. The fourth-order valence-corrected chi connectivity index (χ4v) is 5.17. The molecule has 5 heteroatoms. The standard InChI is InChI=1S/C13H28N2O2S/c1-4-15(13(2,3)11-14)18(16,17)10-12-8-6-5-7-9-12/h12H,4-11,14H2,1-3H3. The monoisotopic (exact) mass is 276 g/mol. The summed E-state index contributed by atoms with van der Waals surface area (Å²) in [5.41, 5.74) is 5.22. The number of nitrogens with two attached hydrogens (primary N) is 1. The Morgan fingerprint density at radius 3 is 2.22 bits per heavy atom. The van der Waals surface area contributed by atoms with E-state index in [1.165, 1.54) is 19.3 Å². The van der Waals surface area contributed by atoms with E-state index in [4.69, 9.17) is 5.73 Å². The molecule has 0 heterocycles. The van der Waals surface area contributed by atoms with Crippen LogP contribution in [0.3, 0.4) is 0 Å². The van der Waals surface area contributed by atoms with E-state index < -0.39 is 15.6 Å². The molecule has 0 spiro atoms. The number of likely N-dealkylation sites (N-methyl/N-ethyl adjacent to an activating group) is 1. The third-order valence-corrected chi connectivity index (χ3v) is 6.29. The zero-order valence-electron chi connectivity index (χ0n) is 12.0. The molecule has 0 bridgehead atoms. The Morgan fingerprint density at radius 1 is 1.22 bits per heavy atom. The third-order valence-electron chi connectivity index (χ3n) is 3.97. The molecule has 0 atom stereocenters. The normalized spacial score (nSPS) is 19.4. The second-order valence-corrected chi connectivity index (χ2v) is 7.90. The predicted molar refractivity (Wildman–Crippen MR) is 75.9 cm³/mol. The number of nitrogens with zero attached hydrogens (tertiary/aromatic N) is 1. The van der Waals surface area contributed by atoms with Gasteiger partial charge in [-0.25, -0.2) is 8.42 Å². The van der Waals surface area contributed by atoms with Crippen LogP contribution in [-0.4, -0.2) is 37.1 Å². The topological polar surface area (TPSA) is 63.4 Å². The summed E-state index contributed by atoms with van der Waals surface area (Å²) in [6, 6.07) is 0. The van der Waals surface area contributed by atoms with Crippen molar-refractivity contribution in [2.45, 2.75) is 58.4 Å². The van der Waals surface area contributed by atoms with Crippen molar-refractivity contribution >= 4 is 10.0 Å². The summed E-state index contributed by atoms with van der Waals surface area (Å²) in [4.78, 5) is 0. The summed E-state index contributed by atoms with van der Waals surface area (Å²) < 4.78 is 26.6. The van der Waals surface area contributed by atoms with Crippen molar-refractivity contribution in [1.29, 1.82) is 0 Å². The molecular weight excluding hydrogens is 248 g/mol. The van der Waals surface area contributed by atoms with Gasteiger partial charge in [-0.15, -0.1) is 0 Å². The van der Waals surface area contributed by atoms with Gasteiger partial charge in [-0.2, -0.15) is 4.31 Å². The van der Waals surface area contributed by atoms with Crippen LogP contribution in [0.1, 0.15) is 52.9 Å². The highest BCUT2D eigenvalue weighted by Crippen LogP contribution is 2.27. The van der Waals surface area contributed by atoms with Crippen molar-refractivity contribution in [1.82, 2.24) is 4.31 Å². The lowest BCUT2D eigenvalue weighted by Crippen LogP contribution is -2.53. The Bertz CT molecular complexity index is 346. The second-order valence-electron chi connectivity index (χ2n) is 5.96. The molecule has 0 aliphatic heterocycles. The number of rotatable bonds is 6. The van der Waals surface area contributed by atoms with E-state index in [9.17, 15) is 8.42 Å². The fraction of sp³-hybridized carbons (Fsp3) is 1.00. The van der Waals surface area contributed by atoms with E-state index in [0.29, 0.717) is 24.8 Å². The summed E-state index contributed by atoms with van der Waals surface area (Å²) in [6.07, 6.45) is 5.71. The SMILES string of the molecule is CCN(C(C)(C)CN)S(=O)(=O)CC1CCCCC1. The highest BCUT2D eigenvalue weighted by molar-refractivity contribution is 7.89. The number of hydrogen-bond donors (Lipinski definition) is 1. The van der Waals surface area contributed by atoms with Crippen molar-refractivity contribution in [2.75, 3.05) is 18.8 Å². The molecule has 0 aromatic heterocycles. The lowest BCUT2D eigenvalue weighted by Gasteiger charge is -2.37. The molecule has 0 saturated heterocycles. The molecule has 1 aliphatic carbocycles. The van der Waals surface area contributed by atoms with Gasteiger partial charge in [0.25, 0.3) is 0 Å². The van der Waals surface area contributed by atoms with E-state index >= 15 is 0 Å². The van der Waals surface area contributed by atoms with Crippen LogP contribution in [0.15, 0.2) is 0 Å². The molecule has 1 aliphatic rings. The Hall–Kier alpha value is -0.130.